The Morgan fingerprint density at radius 1 is 1.26 bits per heavy atom. The van der Waals surface area contributed by atoms with Crippen LogP contribution in [0.1, 0.15) is 37.7 Å². The van der Waals surface area contributed by atoms with Crippen LogP contribution >= 0.6 is 23.2 Å². The molecule has 27 heavy (non-hydrogen) atoms. The van der Waals surface area contributed by atoms with Crippen LogP contribution in [0.15, 0.2) is 18.2 Å². The summed E-state index contributed by atoms with van der Waals surface area (Å²) in [6.07, 6.45) is 4.02. The minimum Gasteiger partial charge on any atom is -0.381 e. The van der Waals surface area contributed by atoms with Crippen molar-refractivity contribution in [2.24, 2.45) is 5.92 Å². The van der Waals surface area contributed by atoms with E-state index < -0.39 is 0 Å². The third-order valence-electron chi connectivity index (χ3n) is 6.07. The summed E-state index contributed by atoms with van der Waals surface area (Å²) in [5.74, 6) is -0.183. The smallest absolute Gasteiger partial charge is 0.225 e. The lowest BCUT2D eigenvalue weighted by Crippen LogP contribution is -2.46. The molecule has 3 aliphatic rings. The quantitative estimate of drug-likeness (QED) is 0.810. The van der Waals surface area contributed by atoms with Gasteiger partial charge in [0.1, 0.15) is 0 Å². The van der Waals surface area contributed by atoms with Crippen molar-refractivity contribution in [3.8, 4) is 0 Å². The van der Waals surface area contributed by atoms with Gasteiger partial charge in [0.2, 0.25) is 11.8 Å². The zero-order valence-corrected chi connectivity index (χ0v) is 16.7. The van der Waals surface area contributed by atoms with Crippen molar-refractivity contribution in [1.82, 2.24) is 10.2 Å². The van der Waals surface area contributed by atoms with Crippen LogP contribution in [0.4, 0.5) is 0 Å². The summed E-state index contributed by atoms with van der Waals surface area (Å²) in [7, 11) is 0. The largest absolute Gasteiger partial charge is 0.381 e. The van der Waals surface area contributed by atoms with Crippen LogP contribution in [0.2, 0.25) is 10.0 Å². The highest BCUT2D eigenvalue weighted by molar-refractivity contribution is 6.35. The van der Waals surface area contributed by atoms with E-state index in [1.807, 2.05) is 17.0 Å². The van der Waals surface area contributed by atoms with Crippen molar-refractivity contribution in [2.75, 3.05) is 26.3 Å². The van der Waals surface area contributed by atoms with Gasteiger partial charge in [-0.3, -0.25) is 9.59 Å². The first-order valence-corrected chi connectivity index (χ1v) is 10.3. The third kappa shape index (κ3) is 3.96. The SMILES string of the molecule is O=C(NCC1(c2ccc(Cl)cc2Cl)CCOCC1)[C@H]1CC(=O)N(C2CC2)C1. The molecule has 0 radical (unpaired) electrons. The molecular weight excluding hydrogens is 387 g/mol. The average Bonchev–Trinajstić information content (AvgIpc) is 3.42. The fraction of sp³-hybridized carbons (Fsp3) is 0.600. The molecule has 7 heteroatoms. The molecule has 1 aromatic carbocycles. The third-order valence-corrected chi connectivity index (χ3v) is 6.62. The Kier molecular flexibility index (Phi) is 5.36. The molecule has 2 amide bonds. The maximum absolute atomic E-state index is 12.8. The molecule has 1 atom stereocenters. The molecule has 0 unspecified atom stereocenters. The highest BCUT2D eigenvalue weighted by Gasteiger charge is 2.43. The second kappa shape index (κ2) is 7.61. The normalized spacial score (nSPS) is 24.9. The standard InChI is InChI=1S/C20H24Cl2N2O3/c21-14-1-4-16(17(22)10-14)20(5-7-27-8-6-20)12-23-19(26)13-9-18(25)24(11-13)15-2-3-15/h1,4,10,13,15H,2-3,5-9,11-12H2,(H,23,26)/t13-/m0/s1. The van der Waals surface area contributed by atoms with Gasteiger partial charge >= 0.3 is 0 Å². The number of hydrogen-bond acceptors (Lipinski definition) is 3. The van der Waals surface area contributed by atoms with E-state index in [1.165, 1.54) is 0 Å². The molecule has 0 spiro atoms. The first-order valence-electron chi connectivity index (χ1n) is 9.59. The van der Waals surface area contributed by atoms with Crippen molar-refractivity contribution in [2.45, 2.75) is 43.6 Å². The van der Waals surface area contributed by atoms with E-state index in [1.54, 1.807) is 6.07 Å². The number of rotatable bonds is 5. The van der Waals surface area contributed by atoms with Crippen LogP contribution in [-0.4, -0.2) is 49.1 Å². The summed E-state index contributed by atoms with van der Waals surface area (Å²) in [6.45, 7) is 2.30. The summed E-state index contributed by atoms with van der Waals surface area (Å²) in [5.41, 5.74) is 0.730. The van der Waals surface area contributed by atoms with Gasteiger partial charge in [0.25, 0.3) is 0 Å². The van der Waals surface area contributed by atoms with Crippen molar-refractivity contribution < 1.29 is 14.3 Å². The van der Waals surface area contributed by atoms with Crippen LogP contribution in [0.25, 0.3) is 0 Å². The summed E-state index contributed by atoms with van der Waals surface area (Å²) in [4.78, 5) is 26.8. The Hall–Kier alpha value is -1.30. The maximum atomic E-state index is 12.8. The van der Waals surface area contributed by atoms with Crippen LogP contribution in [0.5, 0.6) is 0 Å². The Bertz CT molecular complexity index is 745. The van der Waals surface area contributed by atoms with E-state index in [9.17, 15) is 9.59 Å². The number of carbonyl (C=O) groups is 2. The van der Waals surface area contributed by atoms with Crippen LogP contribution in [0.3, 0.4) is 0 Å². The van der Waals surface area contributed by atoms with Crippen molar-refractivity contribution in [3.63, 3.8) is 0 Å². The average molecular weight is 411 g/mol. The number of amides is 2. The molecule has 4 rings (SSSR count). The number of ether oxygens (including phenoxy) is 1. The van der Waals surface area contributed by atoms with Crippen molar-refractivity contribution >= 4 is 35.0 Å². The van der Waals surface area contributed by atoms with E-state index in [0.717, 1.165) is 31.2 Å². The fourth-order valence-electron chi connectivity index (χ4n) is 4.27. The van der Waals surface area contributed by atoms with Gasteiger partial charge in [-0.1, -0.05) is 29.3 Å². The lowest BCUT2D eigenvalue weighted by atomic mass is 9.74. The minimum absolute atomic E-state index is 0.0394. The molecule has 2 aliphatic heterocycles. The van der Waals surface area contributed by atoms with Gasteiger partial charge in [-0.25, -0.2) is 0 Å². The molecule has 1 saturated carbocycles. The fourth-order valence-corrected chi connectivity index (χ4v) is 4.88. The van der Waals surface area contributed by atoms with Gasteiger partial charge in [-0.2, -0.15) is 0 Å². The monoisotopic (exact) mass is 410 g/mol. The molecule has 3 fully saturated rings. The van der Waals surface area contributed by atoms with Crippen LogP contribution < -0.4 is 5.32 Å². The van der Waals surface area contributed by atoms with Crippen LogP contribution in [-0.2, 0) is 19.7 Å². The molecule has 0 aromatic heterocycles. The van der Waals surface area contributed by atoms with E-state index in [2.05, 4.69) is 5.32 Å². The first kappa shape index (κ1) is 19.0. The lowest BCUT2D eigenvalue weighted by molar-refractivity contribution is -0.129. The van der Waals surface area contributed by atoms with E-state index >= 15 is 0 Å². The zero-order valence-electron chi connectivity index (χ0n) is 15.2. The number of carbonyl (C=O) groups excluding carboxylic acids is 2. The van der Waals surface area contributed by atoms with Gasteiger partial charge in [-0.05, 0) is 43.4 Å². The molecule has 1 aromatic rings. The number of benzene rings is 1. The zero-order chi connectivity index (χ0) is 19.0. The number of hydrogen-bond donors (Lipinski definition) is 1. The summed E-state index contributed by atoms with van der Waals surface area (Å²) in [5, 5.41) is 4.33. The maximum Gasteiger partial charge on any atom is 0.225 e. The molecule has 146 valence electrons. The molecule has 1 aliphatic carbocycles. The van der Waals surface area contributed by atoms with E-state index in [4.69, 9.17) is 27.9 Å². The Morgan fingerprint density at radius 3 is 2.67 bits per heavy atom. The second-order valence-corrected chi connectivity index (χ2v) is 8.76. The summed E-state index contributed by atoms with van der Waals surface area (Å²) in [6, 6.07) is 5.91. The molecule has 5 nitrogen and oxygen atoms in total. The Morgan fingerprint density at radius 2 is 2.00 bits per heavy atom. The number of halogens is 2. The lowest BCUT2D eigenvalue weighted by Gasteiger charge is -2.38. The molecule has 1 N–H and O–H groups in total. The number of likely N-dealkylation sites (tertiary alicyclic amines) is 1. The van der Waals surface area contributed by atoms with Gasteiger partial charge in [-0.15, -0.1) is 0 Å². The molecular formula is C20H24Cl2N2O3. The van der Waals surface area contributed by atoms with E-state index in [0.29, 0.717) is 48.8 Å². The van der Waals surface area contributed by atoms with Crippen molar-refractivity contribution in [1.29, 1.82) is 0 Å². The predicted octanol–water partition coefficient (Wildman–Crippen LogP) is 3.17. The first-order chi connectivity index (χ1) is 13.0. The molecule has 0 bridgehead atoms. The van der Waals surface area contributed by atoms with Gasteiger partial charge < -0.3 is 15.0 Å². The minimum atomic E-state index is -0.269. The highest BCUT2D eigenvalue weighted by Crippen LogP contribution is 2.39. The topological polar surface area (TPSA) is 58.6 Å². The number of nitrogens with one attached hydrogen (secondary N) is 1. The Balaban J connectivity index is 1.46. The molecule has 2 heterocycles. The summed E-state index contributed by atoms with van der Waals surface area (Å²) < 4.78 is 5.54. The van der Waals surface area contributed by atoms with Crippen molar-refractivity contribution in [3.05, 3.63) is 33.8 Å². The van der Waals surface area contributed by atoms with Crippen LogP contribution in [0, 0.1) is 5.92 Å². The van der Waals surface area contributed by atoms with Gasteiger partial charge in [0.05, 0.1) is 5.92 Å². The second-order valence-electron chi connectivity index (χ2n) is 7.91. The van der Waals surface area contributed by atoms with Gasteiger partial charge in [0.15, 0.2) is 0 Å². The Labute approximate surface area is 169 Å². The highest BCUT2D eigenvalue weighted by atomic mass is 35.5. The predicted molar refractivity (Wildman–Crippen MR) is 104 cm³/mol. The summed E-state index contributed by atoms with van der Waals surface area (Å²) >= 11 is 12.5. The molecule has 2 saturated heterocycles. The van der Waals surface area contributed by atoms with Gasteiger partial charge in [0, 0.05) is 54.2 Å². The number of nitrogens with zero attached hydrogens (tertiary/aromatic N) is 1. The van der Waals surface area contributed by atoms with E-state index in [-0.39, 0.29) is 23.1 Å².